The number of hydrogen-bond acceptors (Lipinski definition) is 5. The number of halogens is 1. The number of ether oxygens (including phenoxy) is 1. The average Bonchev–Trinajstić information content (AvgIpc) is 3.72. The molecule has 2 aliphatic rings. The third-order valence-corrected chi connectivity index (χ3v) is 9.40. The SMILES string of the molecule is CC.CNCCCCNc1c(F)cc(C)c(C)c1Cc1cc2c(cc1C/C=C(\C(C)=O)C(=O)N1CCCC1)-c1ccccc1C2OC. The van der Waals surface area contributed by atoms with Gasteiger partial charge in [-0.05, 0) is 123 Å². The first-order valence-electron chi connectivity index (χ1n) is 17.2. The van der Waals surface area contributed by atoms with E-state index >= 15 is 4.39 Å². The Bertz CT molecular complexity index is 1610. The molecule has 7 heteroatoms. The van der Waals surface area contributed by atoms with Crippen LogP contribution in [0, 0.1) is 19.7 Å². The summed E-state index contributed by atoms with van der Waals surface area (Å²) >= 11 is 0. The second kappa shape index (κ2) is 16.8. The number of nitrogens with zero attached hydrogens (tertiary/aromatic N) is 1. The van der Waals surface area contributed by atoms with Gasteiger partial charge in [-0.15, -0.1) is 0 Å². The van der Waals surface area contributed by atoms with Crippen molar-refractivity contribution in [1.82, 2.24) is 10.2 Å². The van der Waals surface area contributed by atoms with Gasteiger partial charge in [0.1, 0.15) is 11.9 Å². The third kappa shape index (κ3) is 8.02. The van der Waals surface area contributed by atoms with Gasteiger partial charge >= 0.3 is 0 Å². The molecular formula is C40H52FN3O3. The molecule has 0 aromatic heterocycles. The minimum atomic E-state index is -0.249. The van der Waals surface area contributed by atoms with Crippen LogP contribution in [0.25, 0.3) is 11.1 Å². The zero-order valence-electron chi connectivity index (χ0n) is 29.3. The molecule has 1 atom stereocenters. The van der Waals surface area contributed by atoms with Crippen LogP contribution in [-0.4, -0.2) is 56.9 Å². The van der Waals surface area contributed by atoms with Crippen LogP contribution in [-0.2, 0) is 27.2 Å². The van der Waals surface area contributed by atoms with E-state index in [1.807, 2.05) is 40.0 Å². The van der Waals surface area contributed by atoms with Gasteiger partial charge in [-0.25, -0.2) is 4.39 Å². The van der Waals surface area contributed by atoms with Crippen LogP contribution in [0.5, 0.6) is 0 Å². The van der Waals surface area contributed by atoms with Gasteiger partial charge in [-0.3, -0.25) is 9.59 Å². The number of rotatable bonds is 13. The van der Waals surface area contributed by atoms with E-state index in [0.29, 0.717) is 38.2 Å². The lowest BCUT2D eigenvalue weighted by atomic mass is 9.88. The molecule has 6 nitrogen and oxygen atoms in total. The summed E-state index contributed by atoms with van der Waals surface area (Å²) in [7, 11) is 3.67. The smallest absolute Gasteiger partial charge is 0.257 e. The molecular weight excluding hydrogens is 589 g/mol. The lowest BCUT2D eigenvalue weighted by Gasteiger charge is -2.21. The summed E-state index contributed by atoms with van der Waals surface area (Å²) in [6.07, 6.45) is 6.36. The van der Waals surface area contributed by atoms with Crippen molar-refractivity contribution in [3.8, 4) is 11.1 Å². The fraction of sp³-hybridized carbons (Fsp3) is 0.450. The molecule has 1 fully saturated rings. The number of allylic oxidation sites excluding steroid dienone is 1. The van der Waals surface area contributed by atoms with E-state index in [9.17, 15) is 9.59 Å². The number of ketones is 1. The molecule has 1 aliphatic carbocycles. The van der Waals surface area contributed by atoms with Crippen LogP contribution in [0.3, 0.4) is 0 Å². The van der Waals surface area contributed by atoms with Crippen molar-refractivity contribution in [1.29, 1.82) is 0 Å². The first-order valence-corrected chi connectivity index (χ1v) is 17.2. The number of nitrogens with one attached hydrogen (secondary N) is 2. The van der Waals surface area contributed by atoms with E-state index in [1.54, 1.807) is 24.2 Å². The van der Waals surface area contributed by atoms with E-state index in [1.165, 1.54) is 6.92 Å². The van der Waals surface area contributed by atoms with Crippen LogP contribution in [0.4, 0.5) is 10.1 Å². The Morgan fingerprint density at radius 3 is 2.36 bits per heavy atom. The quantitative estimate of drug-likeness (QED) is 0.0861. The van der Waals surface area contributed by atoms with E-state index < -0.39 is 0 Å². The molecule has 47 heavy (non-hydrogen) atoms. The molecule has 1 unspecified atom stereocenters. The van der Waals surface area contributed by atoms with Crippen molar-refractivity contribution in [3.05, 3.63) is 98.9 Å². The van der Waals surface area contributed by atoms with E-state index in [-0.39, 0.29) is 29.2 Å². The fourth-order valence-electron chi connectivity index (χ4n) is 6.77. The summed E-state index contributed by atoms with van der Waals surface area (Å²) in [4.78, 5) is 27.8. The van der Waals surface area contributed by atoms with Gasteiger partial charge < -0.3 is 20.3 Å². The van der Waals surface area contributed by atoms with Crippen LogP contribution >= 0.6 is 0 Å². The van der Waals surface area contributed by atoms with Crippen LogP contribution in [0.2, 0.25) is 0 Å². The number of benzene rings is 3. The van der Waals surface area contributed by atoms with Gasteiger partial charge in [0.2, 0.25) is 0 Å². The lowest BCUT2D eigenvalue weighted by molar-refractivity contribution is -0.128. The Morgan fingerprint density at radius 1 is 0.979 bits per heavy atom. The molecule has 1 aliphatic heterocycles. The Labute approximate surface area is 280 Å². The maximum atomic E-state index is 15.6. The van der Waals surface area contributed by atoms with E-state index in [0.717, 1.165) is 82.3 Å². The predicted molar refractivity (Wildman–Crippen MR) is 191 cm³/mol. The summed E-state index contributed by atoms with van der Waals surface area (Å²) < 4.78 is 21.6. The number of Topliss-reactive ketones (excluding diaryl/α,β-unsaturated/α-hetero) is 1. The van der Waals surface area contributed by atoms with E-state index in [4.69, 9.17) is 4.74 Å². The number of hydrogen-bond donors (Lipinski definition) is 2. The largest absolute Gasteiger partial charge is 0.382 e. The summed E-state index contributed by atoms with van der Waals surface area (Å²) in [5.74, 6) is -0.656. The molecule has 0 saturated carbocycles. The maximum absolute atomic E-state index is 15.6. The zero-order chi connectivity index (χ0) is 34.1. The zero-order valence-corrected chi connectivity index (χ0v) is 29.3. The Kier molecular flexibility index (Phi) is 12.9. The predicted octanol–water partition coefficient (Wildman–Crippen LogP) is 7.87. The number of amides is 1. The highest BCUT2D eigenvalue weighted by Crippen LogP contribution is 2.46. The lowest BCUT2D eigenvalue weighted by Crippen LogP contribution is -2.31. The molecule has 3 aromatic rings. The van der Waals surface area contributed by atoms with Crippen molar-refractivity contribution >= 4 is 17.4 Å². The topological polar surface area (TPSA) is 70.7 Å². The Balaban J connectivity index is 0.00000245. The molecule has 252 valence electrons. The second-order valence-corrected chi connectivity index (χ2v) is 12.4. The van der Waals surface area contributed by atoms with Crippen molar-refractivity contribution in [2.45, 2.75) is 79.2 Å². The van der Waals surface area contributed by atoms with Crippen LogP contribution < -0.4 is 10.6 Å². The maximum Gasteiger partial charge on any atom is 0.257 e. The molecule has 0 spiro atoms. The molecule has 1 heterocycles. The summed E-state index contributed by atoms with van der Waals surface area (Å²) in [5, 5.41) is 6.58. The van der Waals surface area contributed by atoms with Crippen molar-refractivity contribution in [3.63, 3.8) is 0 Å². The van der Waals surface area contributed by atoms with Gasteiger partial charge in [0, 0.05) is 33.2 Å². The molecule has 3 aromatic carbocycles. The number of carbonyl (C=O) groups is 2. The number of carbonyl (C=O) groups excluding carboxylic acids is 2. The monoisotopic (exact) mass is 641 g/mol. The molecule has 2 N–H and O–H groups in total. The van der Waals surface area contributed by atoms with Gasteiger partial charge in [0.25, 0.3) is 5.91 Å². The third-order valence-electron chi connectivity index (χ3n) is 9.40. The highest BCUT2D eigenvalue weighted by molar-refractivity contribution is 6.18. The van der Waals surface area contributed by atoms with Crippen LogP contribution in [0.1, 0.15) is 91.5 Å². The molecule has 5 rings (SSSR count). The second-order valence-electron chi connectivity index (χ2n) is 12.4. The number of likely N-dealkylation sites (tertiary alicyclic amines) is 1. The van der Waals surface area contributed by atoms with Crippen molar-refractivity contribution in [2.75, 3.05) is 45.7 Å². The Hall–Kier alpha value is -3.81. The van der Waals surface area contributed by atoms with E-state index in [2.05, 4.69) is 41.8 Å². The first-order chi connectivity index (χ1) is 22.7. The van der Waals surface area contributed by atoms with Crippen LogP contribution in [0.15, 0.2) is 54.1 Å². The molecule has 1 saturated heterocycles. The van der Waals surface area contributed by atoms with Crippen molar-refractivity contribution < 1.29 is 18.7 Å². The number of fused-ring (bicyclic) bond motifs is 3. The van der Waals surface area contributed by atoms with Gasteiger partial charge in [-0.2, -0.15) is 0 Å². The van der Waals surface area contributed by atoms with Gasteiger partial charge in [0.15, 0.2) is 5.78 Å². The van der Waals surface area contributed by atoms with Gasteiger partial charge in [-0.1, -0.05) is 56.3 Å². The standard InChI is InChI=1S/C38H46FN3O3.C2H6/c1-24-20-35(39)36(41-17-9-8-16-40-4)32(25(24)2)22-28-23-34-33(30-12-6-7-13-31(30)37(34)45-5)21-27(28)14-15-29(26(3)43)38(44)42-18-10-11-19-42;1-2/h6-7,12-13,15,20-21,23,37,40-41H,8-11,14,16-19,22H2,1-5H3;1-2H3/b29-15+;. The molecule has 0 radical (unpaired) electrons. The summed E-state index contributed by atoms with van der Waals surface area (Å²) in [5.41, 5.74) is 10.1. The Morgan fingerprint density at radius 2 is 1.68 bits per heavy atom. The number of unbranched alkanes of at least 4 members (excludes halogenated alkanes) is 1. The minimum absolute atomic E-state index is 0.186. The molecule has 1 amide bonds. The number of aryl methyl sites for hydroxylation is 1. The highest BCUT2D eigenvalue weighted by atomic mass is 19.1. The fourth-order valence-corrected chi connectivity index (χ4v) is 6.77. The average molecular weight is 642 g/mol. The number of anilines is 1. The van der Waals surface area contributed by atoms with Gasteiger partial charge in [0.05, 0.1) is 11.3 Å². The first kappa shape index (κ1) is 36.0. The number of methoxy groups -OCH3 is 1. The summed E-state index contributed by atoms with van der Waals surface area (Å²) in [6.45, 7) is 12.4. The summed E-state index contributed by atoms with van der Waals surface area (Å²) in [6, 6.07) is 14.3. The van der Waals surface area contributed by atoms with Crippen molar-refractivity contribution in [2.24, 2.45) is 0 Å². The highest BCUT2D eigenvalue weighted by Gasteiger charge is 2.30. The minimum Gasteiger partial charge on any atom is -0.382 e. The normalized spacial score (nSPS) is 15.2. The molecule has 0 bridgehead atoms.